The molecule has 0 spiro atoms. The Morgan fingerprint density at radius 3 is 2.72 bits per heavy atom. The van der Waals surface area contributed by atoms with Crippen LogP contribution in [0.5, 0.6) is 0 Å². The quantitative estimate of drug-likeness (QED) is 0.807. The van der Waals surface area contributed by atoms with Gasteiger partial charge in [-0.15, -0.1) is 0 Å². The van der Waals surface area contributed by atoms with Gasteiger partial charge in [-0.25, -0.2) is 0 Å². The summed E-state index contributed by atoms with van der Waals surface area (Å²) in [5.74, 6) is 2.14. The molecule has 2 aliphatic rings. The predicted molar refractivity (Wildman–Crippen MR) is 74.1 cm³/mol. The molecular weight excluding hydrogens is 224 g/mol. The lowest BCUT2D eigenvalue weighted by atomic mass is 9.81. The highest BCUT2D eigenvalue weighted by molar-refractivity contribution is 5.78. The topological polar surface area (TPSA) is 55.1 Å². The van der Waals surface area contributed by atoms with Crippen LogP contribution in [0.4, 0.5) is 0 Å². The first kappa shape index (κ1) is 13.9. The average Bonchev–Trinajstić information content (AvgIpc) is 2.76. The second-order valence-corrected chi connectivity index (χ2v) is 6.49. The minimum atomic E-state index is 0.185. The van der Waals surface area contributed by atoms with Gasteiger partial charge in [0.05, 0.1) is 0 Å². The summed E-state index contributed by atoms with van der Waals surface area (Å²) in [6.45, 7) is 3.21. The van der Waals surface area contributed by atoms with Crippen LogP contribution in [0.15, 0.2) is 0 Å². The molecule has 0 radical (unpaired) electrons. The molecule has 3 N–H and O–H groups in total. The molecule has 0 heterocycles. The Morgan fingerprint density at radius 2 is 2.06 bits per heavy atom. The van der Waals surface area contributed by atoms with Crippen molar-refractivity contribution in [1.29, 1.82) is 0 Å². The van der Waals surface area contributed by atoms with Gasteiger partial charge in [0, 0.05) is 18.5 Å². The van der Waals surface area contributed by atoms with Gasteiger partial charge in [0.1, 0.15) is 0 Å². The Balaban J connectivity index is 1.61. The number of hydrogen-bond donors (Lipinski definition) is 2. The van der Waals surface area contributed by atoms with Gasteiger partial charge in [-0.05, 0) is 43.9 Å². The maximum Gasteiger partial charge on any atom is 0.223 e. The normalized spacial score (nSPS) is 36.6. The Morgan fingerprint density at radius 1 is 1.22 bits per heavy atom. The van der Waals surface area contributed by atoms with Crippen LogP contribution in [0.1, 0.15) is 58.3 Å². The molecule has 0 aromatic heterocycles. The third kappa shape index (κ3) is 3.98. The number of carbonyl (C=O) groups is 1. The summed E-state index contributed by atoms with van der Waals surface area (Å²) in [6, 6.07) is 0.250. The number of rotatable bonds is 4. The largest absolute Gasteiger partial charge is 0.356 e. The van der Waals surface area contributed by atoms with Crippen molar-refractivity contribution in [2.45, 2.75) is 64.3 Å². The Hall–Kier alpha value is -0.570. The predicted octanol–water partition coefficient (Wildman–Crippen LogP) is 2.45. The number of amides is 1. The van der Waals surface area contributed by atoms with E-state index in [9.17, 15) is 4.79 Å². The summed E-state index contributed by atoms with van der Waals surface area (Å²) in [7, 11) is 0. The third-order valence-electron chi connectivity index (χ3n) is 4.74. The van der Waals surface area contributed by atoms with Crippen LogP contribution in [0.2, 0.25) is 0 Å². The van der Waals surface area contributed by atoms with Crippen molar-refractivity contribution in [2.75, 3.05) is 6.54 Å². The van der Waals surface area contributed by atoms with E-state index in [0.717, 1.165) is 44.1 Å². The van der Waals surface area contributed by atoms with Gasteiger partial charge in [-0.2, -0.15) is 0 Å². The first-order valence-electron chi connectivity index (χ1n) is 7.68. The number of carbonyl (C=O) groups excluding carboxylic acids is 1. The Labute approximate surface area is 111 Å². The summed E-state index contributed by atoms with van der Waals surface area (Å²) in [5, 5.41) is 3.11. The van der Waals surface area contributed by atoms with Gasteiger partial charge in [-0.3, -0.25) is 4.79 Å². The van der Waals surface area contributed by atoms with Crippen molar-refractivity contribution >= 4 is 5.91 Å². The monoisotopic (exact) mass is 252 g/mol. The van der Waals surface area contributed by atoms with Gasteiger partial charge in [0.25, 0.3) is 0 Å². The molecule has 4 unspecified atom stereocenters. The second-order valence-electron chi connectivity index (χ2n) is 6.49. The lowest BCUT2D eigenvalue weighted by molar-refractivity contribution is -0.124. The van der Waals surface area contributed by atoms with E-state index >= 15 is 0 Å². The fourth-order valence-corrected chi connectivity index (χ4v) is 3.62. The van der Waals surface area contributed by atoms with Crippen molar-refractivity contribution in [1.82, 2.24) is 5.32 Å². The molecule has 0 aromatic carbocycles. The van der Waals surface area contributed by atoms with Crippen LogP contribution in [0, 0.1) is 17.8 Å². The zero-order valence-electron chi connectivity index (χ0n) is 11.7. The van der Waals surface area contributed by atoms with Gasteiger partial charge in [0.2, 0.25) is 5.91 Å². The highest BCUT2D eigenvalue weighted by atomic mass is 16.1. The smallest absolute Gasteiger partial charge is 0.223 e. The van der Waals surface area contributed by atoms with E-state index in [2.05, 4.69) is 12.2 Å². The number of nitrogens with one attached hydrogen (secondary N) is 1. The van der Waals surface area contributed by atoms with Crippen LogP contribution in [-0.2, 0) is 4.79 Å². The number of hydrogen-bond acceptors (Lipinski definition) is 2. The zero-order chi connectivity index (χ0) is 13.0. The van der Waals surface area contributed by atoms with Crippen molar-refractivity contribution in [3.63, 3.8) is 0 Å². The summed E-state index contributed by atoms with van der Waals surface area (Å²) < 4.78 is 0. The van der Waals surface area contributed by atoms with Gasteiger partial charge >= 0.3 is 0 Å². The molecule has 2 rings (SSSR count). The minimum absolute atomic E-state index is 0.185. The Bertz CT molecular complexity index is 280. The van der Waals surface area contributed by atoms with Crippen molar-refractivity contribution in [3.05, 3.63) is 0 Å². The summed E-state index contributed by atoms with van der Waals surface area (Å²) in [6.07, 6.45) is 9.51. The lowest BCUT2D eigenvalue weighted by Crippen LogP contribution is -2.32. The Kier molecular flexibility index (Phi) is 5.04. The highest BCUT2D eigenvalue weighted by Gasteiger charge is 2.27. The molecule has 0 bridgehead atoms. The van der Waals surface area contributed by atoms with Crippen LogP contribution < -0.4 is 11.1 Å². The minimum Gasteiger partial charge on any atom is -0.356 e. The maximum absolute atomic E-state index is 11.9. The maximum atomic E-state index is 11.9. The van der Waals surface area contributed by atoms with Crippen LogP contribution in [0.3, 0.4) is 0 Å². The van der Waals surface area contributed by atoms with Gasteiger partial charge in [0.15, 0.2) is 0 Å². The van der Waals surface area contributed by atoms with E-state index in [1.165, 1.54) is 25.7 Å². The first-order chi connectivity index (χ1) is 8.65. The van der Waals surface area contributed by atoms with Gasteiger partial charge < -0.3 is 11.1 Å². The molecule has 2 aliphatic carbocycles. The molecule has 2 fully saturated rings. The molecule has 3 nitrogen and oxygen atoms in total. The van der Waals surface area contributed by atoms with E-state index in [1.54, 1.807) is 0 Å². The molecule has 0 aromatic rings. The molecule has 1 amide bonds. The van der Waals surface area contributed by atoms with Crippen molar-refractivity contribution < 1.29 is 4.79 Å². The lowest BCUT2D eigenvalue weighted by Gasteiger charge is -2.26. The molecule has 104 valence electrons. The van der Waals surface area contributed by atoms with E-state index < -0.39 is 0 Å². The SMILES string of the molecule is CC1CCCC(CCNC(=O)C2CCC(N)C2)C1. The summed E-state index contributed by atoms with van der Waals surface area (Å²) in [5.41, 5.74) is 5.84. The summed E-state index contributed by atoms with van der Waals surface area (Å²) >= 11 is 0. The fourth-order valence-electron chi connectivity index (χ4n) is 3.62. The standard InChI is InChI=1S/C15H28N2O/c1-11-3-2-4-12(9-11)7-8-17-15(18)13-5-6-14(16)10-13/h11-14H,2-10,16H2,1H3,(H,17,18). The summed E-state index contributed by atoms with van der Waals surface area (Å²) in [4.78, 5) is 11.9. The van der Waals surface area contributed by atoms with Crippen molar-refractivity contribution in [3.8, 4) is 0 Å². The third-order valence-corrected chi connectivity index (χ3v) is 4.74. The van der Waals surface area contributed by atoms with Gasteiger partial charge in [-0.1, -0.05) is 26.2 Å². The van der Waals surface area contributed by atoms with E-state index in [1.807, 2.05) is 0 Å². The van der Waals surface area contributed by atoms with Crippen LogP contribution in [0.25, 0.3) is 0 Å². The fraction of sp³-hybridized carbons (Fsp3) is 0.933. The highest BCUT2D eigenvalue weighted by Crippen LogP contribution is 2.30. The van der Waals surface area contributed by atoms with Crippen LogP contribution in [-0.4, -0.2) is 18.5 Å². The van der Waals surface area contributed by atoms with E-state index in [0.29, 0.717) is 0 Å². The molecule has 0 aliphatic heterocycles. The molecule has 2 saturated carbocycles. The molecule has 3 heteroatoms. The van der Waals surface area contributed by atoms with Crippen LogP contribution >= 0.6 is 0 Å². The number of nitrogens with two attached hydrogens (primary N) is 1. The second kappa shape index (κ2) is 6.55. The first-order valence-corrected chi connectivity index (χ1v) is 7.68. The van der Waals surface area contributed by atoms with Crippen molar-refractivity contribution in [2.24, 2.45) is 23.5 Å². The van der Waals surface area contributed by atoms with E-state index in [-0.39, 0.29) is 17.9 Å². The van der Waals surface area contributed by atoms with E-state index in [4.69, 9.17) is 5.73 Å². The zero-order valence-corrected chi connectivity index (χ0v) is 11.7. The molecular formula is C15H28N2O. The molecule has 0 saturated heterocycles. The molecule has 18 heavy (non-hydrogen) atoms. The molecule has 4 atom stereocenters. The average molecular weight is 252 g/mol.